The van der Waals surface area contributed by atoms with Gasteiger partial charge in [-0.15, -0.1) is 0 Å². The van der Waals surface area contributed by atoms with Crippen LogP contribution in [-0.4, -0.2) is 85.3 Å². The summed E-state index contributed by atoms with van der Waals surface area (Å²) in [6.45, 7) is 6.96. The molecule has 3 amide bonds. The topological polar surface area (TPSA) is 73.0 Å². The maximum atomic E-state index is 13.2. The Morgan fingerprint density at radius 1 is 0.967 bits per heavy atom. The van der Waals surface area contributed by atoms with Gasteiger partial charge in [0.05, 0.1) is 0 Å². The molecule has 172 valence electrons. The highest BCUT2D eigenvalue weighted by Gasteiger charge is 2.29. The molecule has 0 aliphatic carbocycles. The fourth-order valence-corrected chi connectivity index (χ4v) is 4.55. The van der Waals surface area contributed by atoms with Crippen molar-refractivity contribution in [2.24, 2.45) is 5.92 Å². The van der Waals surface area contributed by atoms with Crippen LogP contribution in [0.15, 0.2) is 0 Å². The Hall–Kier alpha value is -1.63. The third-order valence-corrected chi connectivity index (χ3v) is 6.70. The lowest BCUT2D eigenvalue weighted by Gasteiger charge is -2.36. The summed E-state index contributed by atoms with van der Waals surface area (Å²) in [5, 5.41) is 3.47. The molecule has 0 aromatic carbocycles. The lowest BCUT2D eigenvalue weighted by atomic mass is 9.97. The van der Waals surface area contributed by atoms with Crippen LogP contribution in [0, 0.1) is 5.92 Å². The molecule has 0 aromatic rings. The van der Waals surface area contributed by atoms with Crippen molar-refractivity contribution >= 4 is 18.2 Å². The first-order valence-corrected chi connectivity index (χ1v) is 12.0. The zero-order valence-electron chi connectivity index (χ0n) is 19.1. The second kappa shape index (κ2) is 13.6. The first-order chi connectivity index (χ1) is 14.6. The average molecular weight is 423 g/mol. The molecule has 0 radical (unpaired) electrons. The molecule has 0 saturated carbocycles. The summed E-state index contributed by atoms with van der Waals surface area (Å²) in [5.41, 5.74) is 0. The zero-order valence-corrected chi connectivity index (χ0v) is 19.1. The van der Waals surface area contributed by atoms with Crippen molar-refractivity contribution < 1.29 is 14.4 Å². The van der Waals surface area contributed by atoms with E-state index >= 15 is 0 Å². The van der Waals surface area contributed by atoms with Crippen molar-refractivity contribution in [3.8, 4) is 0 Å². The largest absolute Gasteiger partial charge is 0.345 e. The van der Waals surface area contributed by atoms with Gasteiger partial charge in [-0.2, -0.15) is 0 Å². The Bertz CT molecular complexity index is 523. The number of hydrogen-bond acceptors (Lipinski definition) is 4. The highest BCUT2D eigenvalue weighted by atomic mass is 16.2. The van der Waals surface area contributed by atoms with Crippen molar-refractivity contribution in [1.82, 2.24) is 20.0 Å². The van der Waals surface area contributed by atoms with E-state index in [-0.39, 0.29) is 23.8 Å². The summed E-state index contributed by atoms with van der Waals surface area (Å²) in [4.78, 5) is 42.6. The van der Waals surface area contributed by atoms with E-state index in [0.717, 1.165) is 58.3 Å². The van der Waals surface area contributed by atoms with Crippen LogP contribution < -0.4 is 5.32 Å². The molecule has 2 aliphatic rings. The number of likely N-dealkylation sites (tertiary alicyclic amines) is 1. The van der Waals surface area contributed by atoms with E-state index in [4.69, 9.17) is 0 Å². The summed E-state index contributed by atoms with van der Waals surface area (Å²) in [6.07, 6.45) is 10.4. The van der Waals surface area contributed by atoms with Crippen LogP contribution in [0.2, 0.25) is 0 Å². The second-order valence-electron chi connectivity index (χ2n) is 8.89. The van der Waals surface area contributed by atoms with E-state index in [1.165, 1.54) is 25.7 Å². The van der Waals surface area contributed by atoms with Crippen LogP contribution >= 0.6 is 0 Å². The molecular weight excluding hydrogens is 380 g/mol. The second-order valence-corrected chi connectivity index (χ2v) is 8.89. The van der Waals surface area contributed by atoms with Gasteiger partial charge in [-0.1, -0.05) is 26.2 Å². The standard InChI is InChI=1S/C23H42N4O3/c1-3-20(18-22(29)26-16-10-21(11-17-26)25(2)19-28)23(30)27-14-8-6-4-5-7-12-24-13-9-15-27/h19-21,24H,3-18H2,1-2H3/t20-/m0/s1. The van der Waals surface area contributed by atoms with Gasteiger partial charge in [-0.05, 0) is 51.6 Å². The molecule has 0 aromatic heterocycles. The third-order valence-electron chi connectivity index (χ3n) is 6.70. The lowest BCUT2D eigenvalue weighted by molar-refractivity contribution is -0.142. The van der Waals surface area contributed by atoms with Gasteiger partial charge >= 0.3 is 0 Å². The van der Waals surface area contributed by atoms with Crippen LogP contribution in [0.5, 0.6) is 0 Å². The smallest absolute Gasteiger partial charge is 0.226 e. The van der Waals surface area contributed by atoms with Crippen LogP contribution in [0.4, 0.5) is 0 Å². The summed E-state index contributed by atoms with van der Waals surface area (Å²) in [5.74, 6) is 0.00523. The van der Waals surface area contributed by atoms with E-state index in [2.05, 4.69) is 5.32 Å². The monoisotopic (exact) mass is 422 g/mol. The van der Waals surface area contributed by atoms with Gasteiger partial charge in [0.2, 0.25) is 18.2 Å². The molecule has 0 spiro atoms. The minimum atomic E-state index is -0.228. The number of carbonyl (C=O) groups is 3. The summed E-state index contributed by atoms with van der Waals surface area (Å²) < 4.78 is 0. The maximum Gasteiger partial charge on any atom is 0.226 e. The van der Waals surface area contributed by atoms with Crippen LogP contribution in [-0.2, 0) is 14.4 Å². The molecule has 1 atom stereocenters. The quantitative estimate of drug-likeness (QED) is 0.667. The van der Waals surface area contributed by atoms with Crippen molar-refractivity contribution in [2.75, 3.05) is 46.3 Å². The van der Waals surface area contributed by atoms with E-state index < -0.39 is 0 Å². The Morgan fingerprint density at radius 3 is 2.30 bits per heavy atom. The van der Waals surface area contributed by atoms with Crippen LogP contribution in [0.1, 0.15) is 71.1 Å². The van der Waals surface area contributed by atoms with Crippen molar-refractivity contribution in [3.05, 3.63) is 0 Å². The molecule has 2 fully saturated rings. The van der Waals surface area contributed by atoms with Crippen LogP contribution in [0.3, 0.4) is 0 Å². The van der Waals surface area contributed by atoms with E-state index in [1.54, 1.807) is 11.9 Å². The first-order valence-electron chi connectivity index (χ1n) is 12.0. The Kier molecular flexibility index (Phi) is 11.2. The fraction of sp³-hybridized carbons (Fsp3) is 0.870. The van der Waals surface area contributed by atoms with Gasteiger partial charge in [0.25, 0.3) is 0 Å². The number of nitrogens with zero attached hydrogens (tertiary/aromatic N) is 3. The highest BCUT2D eigenvalue weighted by molar-refractivity contribution is 5.86. The Labute approximate surface area is 182 Å². The first kappa shape index (κ1) is 24.6. The number of nitrogens with one attached hydrogen (secondary N) is 1. The van der Waals surface area contributed by atoms with Gasteiger partial charge < -0.3 is 20.0 Å². The zero-order chi connectivity index (χ0) is 21.8. The molecule has 30 heavy (non-hydrogen) atoms. The van der Waals surface area contributed by atoms with Crippen LogP contribution in [0.25, 0.3) is 0 Å². The highest BCUT2D eigenvalue weighted by Crippen LogP contribution is 2.20. The van der Waals surface area contributed by atoms with E-state index in [9.17, 15) is 14.4 Å². The predicted octanol–water partition coefficient (Wildman–Crippen LogP) is 2.25. The van der Waals surface area contributed by atoms with Gasteiger partial charge in [0, 0.05) is 51.6 Å². The minimum Gasteiger partial charge on any atom is -0.345 e. The number of rotatable bonds is 6. The molecule has 1 N–H and O–H groups in total. The van der Waals surface area contributed by atoms with E-state index in [1.807, 2.05) is 16.7 Å². The molecule has 2 heterocycles. The van der Waals surface area contributed by atoms with Gasteiger partial charge in [0.1, 0.15) is 0 Å². The Balaban J connectivity index is 1.87. The summed E-state index contributed by atoms with van der Waals surface area (Å²) >= 11 is 0. The molecule has 7 heteroatoms. The van der Waals surface area contributed by atoms with E-state index in [0.29, 0.717) is 25.9 Å². The third kappa shape index (κ3) is 7.89. The maximum absolute atomic E-state index is 13.2. The van der Waals surface area contributed by atoms with Crippen molar-refractivity contribution in [2.45, 2.75) is 77.2 Å². The summed E-state index contributed by atoms with van der Waals surface area (Å²) in [7, 11) is 1.80. The normalized spacial score (nSPS) is 21.3. The number of piperidine rings is 1. The molecule has 2 aliphatic heterocycles. The minimum absolute atomic E-state index is 0.0819. The molecule has 2 saturated heterocycles. The lowest BCUT2D eigenvalue weighted by Crippen LogP contribution is -2.46. The molecule has 7 nitrogen and oxygen atoms in total. The fourth-order valence-electron chi connectivity index (χ4n) is 4.55. The Morgan fingerprint density at radius 2 is 1.60 bits per heavy atom. The predicted molar refractivity (Wildman–Crippen MR) is 119 cm³/mol. The number of carbonyl (C=O) groups excluding carboxylic acids is 3. The molecule has 0 bridgehead atoms. The van der Waals surface area contributed by atoms with Crippen molar-refractivity contribution in [3.63, 3.8) is 0 Å². The van der Waals surface area contributed by atoms with Crippen molar-refractivity contribution in [1.29, 1.82) is 0 Å². The molecule has 2 rings (SSSR count). The average Bonchev–Trinajstić information content (AvgIpc) is 2.76. The van der Waals surface area contributed by atoms with Gasteiger partial charge in [0.15, 0.2) is 0 Å². The SMILES string of the molecule is CC[C@@H](CC(=O)N1CCC(N(C)C=O)CC1)C(=O)N1CCCCCCCNCCC1. The number of hydrogen-bond donors (Lipinski definition) is 1. The van der Waals surface area contributed by atoms with Gasteiger partial charge in [-0.25, -0.2) is 0 Å². The van der Waals surface area contributed by atoms with Gasteiger partial charge in [-0.3, -0.25) is 14.4 Å². The molecule has 0 unspecified atom stereocenters. The molecular formula is C23H42N4O3. The summed E-state index contributed by atoms with van der Waals surface area (Å²) in [6, 6.07) is 0.214. The number of amides is 3.